The Kier molecular flexibility index (Phi) is 6.25. The zero-order valence-corrected chi connectivity index (χ0v) is 19.7. The predicted octanol–water partition coefficient (Wildman–Crippen LogP) is 2.12. The number of aromatic amines is 2. The van der Waals surface area contributed by atoms with Gasteiger partial charge in [-0.1, -0.05) is 12.1 Å². The van der Waals surface area contributed by atoms with Crippen LogP contribution in [0.3, 0.4) is 0 Å². The summed E-state index contributed by atoms with van der Waals surface area (Å²) in [5.41, 5.74) is 2.20. The molecule has 3 aromatic heterocycles. The average molecular weight is 498 g/mol. The van der Waals surface area contributed by atoms with Crippen molar-refractivity contribution in [1.82, 2.24) is 24.9 Å². The van der Waals surface area contributed by atoms with E-state index in [0.717, 1.165) is 16.9 Å². The fraction of sp³-hybridized carbons (Fsp3) is 0.115. The Balaban J connectivity index is 1.17. The Morgan fingerprint density at radius 2 is 1.78 bits per heavy atom. The van der Waals surface area contributed by atoms with E-state index in [1.165, 1.54) is 12.1 Å². The minimum Gasteiger partial charge on any atom is -0.487 e. The van der Waals surface area contributed by atoms with Crippen molar-refractivity contribution < 1.29 is 14.3 Å². The van der Waals surface area contributed by atoms with Crippen molar-refractivity contribution in [2.24, 2.45) is 0 Å². The van der Waals surface area contributed by atoms with E-state index < -0.39 is 22.9 Å². The number of nitrogens with zero attached hydrogens (tertiary/aromatic N) is 2. The van der Waals surface area contributed by atoms with Gasteiger partial charge in [0.2, 0.25) is 5.91 Å². The Hall–Kier alpha value is -5.19. The predicted molar refractivity (Wildman–Crippen MR) is 137 cm³/mol. The first kappa shape index (κ1) is 23.5. The van der Waals surface area contributed by atoms with Gasteiger partial charge >= 0.3 is 0 Å². The number of ether oxygens (including phenoxy) is 1. The number of carbonyl (C=O) groups excluding carboxylic acids is 2. The topological polar surface area (TPSA) is 150 Å². The van der Waals surface area contributed by atoms with Gasteiger partial charge in [-0.25, -0.2) is 4.98 Å². The lowest BCUT2D eigenvalue weighted by atomic mass is 10.1. The van der Waals surface area contributed by atoms with Crippen molar-refractivity contribution in [1.29, 1.82) is 0 Å². The number of aryl methyl sites for hydroxylation is 1. The van der Waals surface area contributed by atoms with Crippen LogP contribution < -0.4 is 26.5 Å². The summed E-state index contributed by atoms with van der Waals surface area (Å²) in [5, 5.41) is 9.75. The number of H-pyrrole nitrogens is 2. The molecule has 0 aliphatic rings. The van der Waals surface area contributed by atoms with Crippen LogP contribution in [0.2, 0.25) is 0 Å². The highest BCUT2D eigenvalue weighted by Gasteiger charge is 2.13. The van der Waals surface area contributed by atoms with Crippen molar-refractivity contribution in [3.63, 3.8) is 0 Å². The van der Waals surface area contributed by atoms with E-state index in [1.807, 2.05) is 35.9 Å². The van der Waals surface area contributed by atoms with Crippen LogP contribution in [0.5, 0.6) is 5.75 Å². The molecule has 0 spiro atoms. The fourth-order valence-corrected chi connectivity index (χ4v) is 3.92. The number of aromatic nitrogens is 4. The lowest BCUT2D eigenvalue weighted by molar-refractivity contribution is -0.115. The van der Waals surface area contributed by atoms with E-state index in [9.17, 15) is 19.2 Å². The van der Waals surface area contributed by atoms with E-state index in [1.54, 1.807) is 30.3 Å². The smallest absolute Gasteiger partial charge is 0.272 e. The highest BCUT2D eigenvalue weighted by atomic mass is 16.5. The van der Waals surface area contributed by atoms with Crippen LogP contribution in [0.4, 0.5) is 5.69 Å². The molecule has 2 aromatic carbocycles. The summed E-state index contributed by atoms with van der Waals surface area (Å²) in [5.74, 6) is -0.438. The quantitative estimate of drug-likeness (QED) is 0.270. The second-order valence-electron chi connectivity index (χ2n) is 8.33. The van der Waals surface area contributed by atoms with E-state index in [-0.39, 0.29) is 29.6 Å². The molecule has 37 heavy (non-hydrogen) atoms. The number of hydrogen-bond acceptors (Lipinski definition) is 6. The lowest BCUT2D eigenvalue weighted by Gasteiger charge is -2.09. The summed E-state index contributed by atoms with van der Waals surface area (Å²) in [4.78, 5) is 53.5. The lowest BCUT2D eigenvalue weighted by Crippen LogP contribution is -2.33. The molecule has 0 radical (unpaired) electrons. The summed E-state index contributed by atoms with van der Waals surface area (Å²) in [6.07, 6.45) is 3.83. The number of anilines is 1. The molecule has 0 bridgehead atoms. The van der Waals surface area contributed by atoms with Crippen LogP contribution in [-0.4, -0.2) is 37.9 Å². The van der Waals surface area contributed by atoms with E-state index in [0.29, 0.717) is 11.3 Å². The number of benzene rings is 2. The molecule has 4 N–H and O–H groups in total. The van der Waals surface area contributed by atoms with Gasteiger partial charge in [-0.15, -0.1) is 0 Å². The number of nitrogens with one attached hydrogen (secondary N) is 4. The molecule has 11 nitrogen and oxygen atoms in total. The molecule has 5 rings (SSSR count). The average Bonchev–Trinajstić information content (AvgIpc) is 3.33. The first-order chi connectivity index (χ1) is 17.9. The standard InChI is InChI=1S/C26H22N6O5/c1-15-4-3-11-32-13-17(28-23(15)32)14-37-18-9-7-16(8-10-18)24(34)27-12-21(33)29-20-6-2-5-19-22(20)26(36)31-30-25(19)35/h2-11,13H,12,14H2,1H3,(H,27,34)(H,29,33)(H,30,35)(H,31,36). The molecule has 3 heterocycles. The number of rotatable bonds is 7. The monoisotopic (exact) mass is 498 g/mol. The molecule has 186 valence electrons. The third-order valence-corrected chi connectivity index (χ3v) is 5.74. The van der Waals surface area contributed by atoms with Crippen molar-refractivity contribution in [3.8, 4) is 5.75 Å². The van der Waals surface area contributed by atoms with E-state index >= 15 is 0 Å². The van der Waals surface area contributed by atoms with Gasteiger partial charge in [0, 0.05) is 18.0 Å². The van der Waals surface area contributed by atoms with Crippen molar-refractivity contribution in [2.75, 3.05) is 11.9 Å². The number of imidazole rings is 1. The van der Waals surface area contributed by atoms with Gasteiger partial charge in [0.05, 0.1) is 28.7 Å². The Labute approximate surface area is 209 Å². The number of amides is 2. The molecule has 0 saturated carbocycles. The van der Waals surface area contributed by atoms with Crippen LogP contribution in [-0.2, 0) is 11.4 Å². The molecule has 0 saturated heterocycles. The summed E-state index contributed by atoms with van der Waals surface area (Å²) in [7, 11) is 0. The van der Waals surface area contributed by atoms with Crippen molar-refractivity contribution >= 4 is 33.9 Å². The Morgan fingerprint density at radius 3 is 2.57 bits per heavy atom. The normalized spacial score (nSPS) is 10.9. The molecule has 0 fully saturated rings. The first-order valence-electron chi connectivity index (χ1n) is 11.4. The molecule has 5 aromatic rings. The molecule has 0 unspecified atom stereocenters. The number of pyridine rings is 1. The van der Waals surface area contributed by atoms with Crippen LogP contribution in [0.25, 0.3) is 16.4 Å². The highest BCUT2D eigenvalue weighted by molar-refractivity contribution is 6.04. The zero-order chi connectivity index (χ0) is 25.9. The number of fused-ring (bicyclic) bond motifs is 2. The zero-order valence-electron chi connectivity index (χ0n) is 19.7. The maximum atomic E-state index is 12.5. The van der Waals surface area contributed by atoms with Gasteiger partial charge in [0.1, 0.15) is 18.0 Å². The summed E-state index contributed by atoms with van der Waals surface area (Å²) in [6, 6.07) is 15.0. The second-order valence-corrected chi connectivity index (χ2v) is 8.33. The van der Waals surface area contributed by atoms with E-state index in [2.05, 4.69) is 25.8 Å². The van der Waals surface area contributed by atoms with Crippen LogP contribution in [0.15, 0.2) is 76.6 Å². The summed E-state index contributed by atoms with van der Waals surface area (Å²) < 4.78 is 7.73. The van der Waals surface area contributed by atoms with Gasteiger partial charge < -0.3 is 19.8 Å². The largest absolute Gasteiger partial charge is 0.487 e. The Bertz CT molecular complexity index is 1750. The van der Waals surface area contributed by atoms with Crippen LogP contribution >= 0.6 is 0 Å². The summed E-state index contributed by atoms with van der Waals surface area (Å²) in [6.45, 7) is 1.94. The molecular weight excluding hydrogens is 476 g/mol. The third-order valence-electron chi connectivity index (χ3n) is 5.74. The van der Waals surface area contributed by atoms with Gasteiger partial charge in [-0.2, -0.15) is 0 Å². The second kappa shape index (κ2) is 9.82. The van der Waals surface area contributed by atoms with Crippen molar-refractivity contribution in [3.05, 3.63) is 105 Å². The Morgan fingerprint density at radius 1 is 1.00 bits per heavy atom. The maximum Gasteiger partial charge on any atom is 0.272 e. The summed E-state index contributed by atoms with van der Waals surface area (Å²) >= 11 is 0. The van der Waals surface area contributed by atoms with Crippen LogP contribution in [0, 0.1) is 6.92 Å². The van der Waals surface area contributed by atoms with Crippen molar-refractivity contribution in [2.45, 2.75) is 13.5 Å². The van der Waals surface area contributed by atoms with Gasteiger partial charge in [0.15, 0.2) is 0 Å². The van der Waals surface area contributed by atoms with Gasteiger partial charge in [-0.3, -0.25) is 29.4 Å². The van der Waals surface area contributed by atoms with Crippen LogP contribution in [0.1, 0.15) is 21.6 Å². The molecule has 0 aliphatic carbocycles. The molecule has 0 aliphatic heterocycles. The molecule has 2 amide bonds. The molecule has 0 atom stereocenters. The minimum atomic E-state index is -0.553. The number of carbonyl (C=O) groups is 2. The van der Waals surface area contributed by atoms with Gasteiger partial charge in [-0.05, 0) is 55.0 Å². The highest BCUT2D eigenvalue weighted by Crippen LogP contribution is 2.17. The minimum absolute atomic E-state index is 0.0558. The fourth-order valence-electron chi connectivity index (χ4n) is 3.92. The third kappa shape index (κ3) is 4.96. The maximum absolute atomic E-state index is 12.5. The number of hydrogen-bond donors (Lipinski definition) is 4. The van der Waals surface area contributed by atoms with E-state index in [4.69, 9.17) is 4.74 Å². The first-order valence-corrected chi connectivity index (χ1v) is 11.4. The van der Waals surface area contributed by atoms with Gasteiger partial charge in [0.25, 0.3) is 17.0 Å². The molecule has 11 heteroatoms. The SMILES string of the molecule is Cc1cccn2cc(COc3ccc(C(=O)NCC(=O)Nc4cccc5c(=O)[nH][nH]c(=O)c45)cc3)nc12. The molecular formula is C26H22N6O5.